The van der Waals surface area contributed by atoms with Crippen LogP contribution < -0.4 is 10.6 Å². The topological polar surface area (TPSA) is 101 Å². The number of aryl methyl sites for hydroxylation is 1. The number of aromatic nitrogens is 4. The molecule has 2 N–H and O–H groups in total. The van der Waals surface area contributed by atoms with Gasteiger partial charge in [0.15, 0.2) is 0 Å². The van der Waals surface area contributed by atoms with E-state index in [-0.39, 0.29) is 17.9 Å². The predicted octanol–water partition coefficient (Wildman–Crippen LogP) is 5.61. The number of anilines is 2. The second-order valence-electron chi connectivity index (χ2n) is 9.36. The molecule has 0 bridgehead atoms. The van der Waals surface area contributed by atoms with Crippen molar-refractivity contribution >= 4 is 23.5 Å². The molecule has 2 aromatic carbocycles. The summed E-state index contributed by atoms with van der Waals surface area (Å²) in [6.07, 6.45) is 6.76. The zero-order chi connectivity index (χ0) is 26.1. The molecule has 2 amide bonds. The molecular formula is C28H26FN7O2. The van der Waals surface area contributed by atoms with E-state index in [1.54, 1.807) is 36.9 Å². The molecule has 1 saturated heterocycles. The fourth-order valence-corrected chi connectivity index (χ4v) is 4.70. The zero-order valence-electron chi connectivity index (χ0n) is 20.8. The van der Waals surface area contributed by atoms with Crippen LogP contribution >= 0.6 is 0 Å². The Balaban J connectivity index is 1.21. The van der Waals surface area contributed by atoms with Gasteiger partial charge in [0.2, 0.25) is 5.95 Å². The molecule has 1 fully saturated rings. The largest absolute Gasteiger partial charge is 0.432 e. The molecule has 1 aliphatic rings. The van der Waals surface area contributed by atoms with Gasteiger partial charge < -0.3 is 20.0 Å². The number of benzene rings is 2. The first-order valence-electron chi connectivity index (χ1n) is 12.5. The Labute approximate surface area is 218 Å². The molecule has 1 atom stereocenters. The molecule has 0 radical (unpaired) electrons. The Morgan fingerprint density at radius 2 is 1.89 bits per heavy atom. The minimum atomic E-state index is -0.319. The van der Waals surface area contributed by atoms with E-state index in [2.05, 4.69) is 20.6 Å². The summed E-state index contributed by atoms with van der Waals surface area (Å²) < 4.78 is 20.9. The standard InChI is InChI=1S/C28H26FN7O2/c1-18-4-10-21(11-5-18)32-27(37)35-14-2-3-22(17-35)31-26-30-13-12-23(33-26)25-24(19-6-8-20(29)9-7-19)34-28-36(25)15-16-38-28/h4-13,15-16,22H,2-3,14,17H2,1H3,(H,32,37)(H,30,31,33)/t22-/m1/s1. The third kappa shape index (κ3) is 4.80. The number of rotatable bonds is 5. The lowest BCUT2D eigenvalue weighted by Gasteiger charge is -2.33. The second-order valence-corrected chi connectivity index (χ2v) is 9.36. The third-order valence-electron chi connectivity index (χ3n) is 6.62. The Morgan fingerprint density at radius 1 is 1.08 bits per heavy atom. The molecular weight excluding hydrogens is 485 g/mol. The van der Waals surface area contributed by atoms with Crippen LogP contribution in [0.1, 0.15) is 18.4 Å². The summed E-state index contributed by atoms with van der Waals surface area (Å²) in [6.45, 7) is 3.23. The lowest BCUT2D eigenvalue weighted by molar-refractivity contribution is 0.196. The zero-order valence-corrected chi connectivity index (χ0v) is 20.8. The van der Waals surface area contributed by atoms with Gasteiger partial charge in [-0.15, -0.1) is 0 Å². The van der Waals surface area contributed by atoms with Crippen LogP contribution in [0.25, 0.3) is 28.5 Å². The fraction of sp³-hybridized carbons (Fsp3) is 0.214. The third-order valence-corrected chi connectivity index (χ3v) is 6.62. The smallest absolute Gasteiger partial charge is 0.321 e. The van der Waals surface area contributed by atoms with Crippen LogP contribution in [0.2, 0.25) is 0 Å². The van der Waals surface area contributed by atoms with Crippen molar-refractivity contribution in [1.82, 2.24) is 24.3 Å². The summed E-state index contributed by atoms with van der Waals surface area (Å²) in [7, 11) is 0. The molecule has 192 valence electrons. The van der Waals surface area contributed by atoms with Crippen LogP contribution in [0.15, 0.2) is 77.7 Å². The van der Waals surface area contributed by atoms with E-state index in [0.717, 1.165) is 29.7 Å². The SMILES string of the molecule is Cc1ccc(NC(=O)N2CCC[C@@H](Nc3nccc(-c4c(-c5ccc(F)cc5)nc5occn45)n3)C2)cc1. The van der Waals surface area contributed by atoms with Crippen molar-refractivity contribution in [2.24, 2.45) is 0 Å². The van der Waals surface area contributed by atoms with Crippen molar-refractivity contribution in [3.8, 4) is 22.6 Å². The van der Waals surface area contributed by atoms with E-state index in [9.17, 15) is 9.18 Å². The number of halogens is 1. The molecule has 38 heavy (non-hydrogen) atoms. The van der Waals surface area contributed by atoms with Crippen LogP contribution in [-0.4, -0.2) is 49.4 Å². The number of piperidine rings is 1. The second kappa shape index (κ2) is 9.97. The molecule has 1 aliphatic heterocycles. The number of likely N-dealkylation sites (tertiary alicyclic amines) is 1. The number of imidazole rings is 1. The molecule has 0 aliphatic carbocycles. The number of amides is 2. The molecule has 0 spiro atoms. The quantitative estimate of drug-likeness (QED) is 0.318. The highest BCUT2D eigenvalue weighted by molar-refractivity contribution is 5.89. The molecule has 3 aromatic heterocycles. The highest BCUT2D eigenvalue weighted by Crippen LogP contribution is 2.32. The van der Waals surface area contributed by atoms with Crippen molar-refractivity contribution in [1.29, 1.82) is 0 Å². The highest BCUT2D eigenvalue weighted by Gasteiger charge is 2.25. The molecule has 0 saturated carbocycles. The van der Waals surface area contributed by atoms with E-state index in [0.29, 0.717) is 42.0 Å². The number of hydrogen-bond acceptors (Lipinski definition) is 6. The van der Waals surface area contributed by atoms with Crippen LogP contribution in [0, 0.1) is 12.7 Å². The predicted molar refractivity (Wildman–Crippen MR) is 142 cm³/mol. The number of carbonyl (C=O) groups is 1. The Kier molecular flexibility index (Phi) is 6.20. The van der Waals surface area contributed by atoms with E-state index in [1.807, 2.05) is 40.5 Å². The summed E-state index contributed by atoms with van der Waals surface area (Å²) >= 11 is 0. The number of carbonyl (C=O) groups excluding carboxylic acids is 1. The maximum atomic E-state index is 13.5. The summed E-state index contributed by atoms with van der Waals surface area (Å²) in [5.74, 6) is 0.549. The van der Waals surface area contributed by atoms with Gasteiger partial charge in [0.1, 0.15) is 23.5 Å². The molecule has 9 nitrogen and oxygen atoms in total. The Hall–Kier alpha value is -4.73. The Morgan fingerprint density at radius 3 is 2.71 bits per heavy atom. The number of urea groups is 1. The summed E-state index contributed by atoms with van der Waals surface area (Å²) in [6, 6.07) is 15.6. The number of oxazole rings is 1. The number of nitrogens with one attached hydrogen (secondary N) is 2. The molecule has 5 aromatic rings. The fourth-order valence-electron chi connectivity index (χ4n) is 4.70. The van der Waals surface area contributed by atoms with E-state index >= 15 is 0 Å². The van der Waals surface area contributed by atoms with Crippen LogP contribution in [0.4, 0.5) is 20.8 Å². The van der Waals surface area contributed by atoms with Crippen molar-refractivity contribution < 1.29 is 13.6 Å². The van der Waals surface area contributed by atoms with Gasteiger partial charge in [0.25, 0.3) is 0 Å². The average Bonchev–Trinajstić information content (AvgIpc) is 3.52. The summed E-state index contributed by atoms with van der Waals surface area (Å²) in [5, 5.41) is 6.38. The first kappa shape index (κ1) is 23.7. The van der Waals surface area contributed by atoms with Crippen LogP contribution in [-0.2, 0) is 0 Å². The van der Waals surface area contributed by atoms with E-state index in [1.165, 1.54) is 12.1 Å². The number of hydrogen-bond donors (Lipinski definition) is 2. The van der Waals surface area contributed by atoms with Gasteiger partial charge in [-0.1, -0.05) is 17.7 Å². The summed E-state index contributed by atoms with van der Waals surface area (Å²) in [4.78, 5) is 28.5. The minimum absolute atomic E-state index is 0.00118. The van der Waals surface area contributed by atoms with Gasteiger partial charge in [-0.05, 0) is 62.2 Å². The van der Waals surface area contributed by atoms with E-state index < -0.39 is 0 Å². The monoisotopic (exact) mass is 511 g/mol. The van der Waals surface area contributed by atoms with Crippen molar-refractivity contribution in [2.75, 3.05) is 23.7 Å². The maximum absolute atomic E-state index is 13.5. The van der Waals surface area contributed by atoms with Gasteiger partial charge in [0.05, 0.1) is 5.69 Å². The highest BCUT2D eigenvalue weighted by atomic mass is 19.1. The molecule has 10 heteroatoms. The van der Waals surface area contributed by atoms with Crippen molar-refractivity contribution in [3.05, 3.63) is 84.6 Å². The van der Waals surface area contributed by atoms with Gasteiger partial charge >= 0.3 is 11.9 Å². The van der Waals surface area contributed by atoms with Crippen molar-refractivity contribution in [2.45, 2.75) is 25.8 Å². The van der Waals surface area contributed by atoms with Gasteiger partial charge in [-0.2, -0.15) is 4.98 Å². The normalized spacial score (nSPS) is 15.5. The van der Waals surface area contributed by atoms with Gasteiger partial charge in [0, 0.05) is 42.8 Å². The maximum Gasteiger partial charge on any atom is 0.321 e. The van der Waals surface area contributed by atoms with Gasteiger partial charge in [-0.3, -0.25) is 4.40 Å². The lowest BCUT2D eigenvalue weighted by atomic mass is 10.1. The van der Waals surface area contributed by atoms with Crippen LogP contribution in [0.3, 0.4) is 0 Å². The molecule has 6 rings (SSSR count). The Bertz CT molecular complexity index is 1580. The number of nitrogens with zero attached hydrogens (tertiary/aromatic N) is 5. The average molecular weight is 512 g/mol. The molecule has 4 heterocycles. The van der Waals surface area contributed by atoms with Crippen molar-refractivity contribution in [3.63, 3.8) is 0 Å². The van der Waals surface area contributed by atoms with E-state index in [4.69, 9.17) is 9.40 Å². The first-order valence-corrected chi connectivity index (χ1v) is 12.5. The first-order chi connectivity index (χ1) is 18.5. The van der Waals surface area contributed by atoms with Crippen LogP contribution in [0.5, 0.6) is 0 Å². The lowest BCUT2D eigenvalue weighted by Crippen LogP contribution is -2.47. The van der Waals surface area contributed by atoms with Gasteiger partial charge in [-0.25, -0.2) is 19.2 Å². The number of fused-ring (bicyclic) bond motifs is 1. The minimum Gasteiger partial charge on any atom is -0.432 e. The molecule has 0 unspecified atom stereocenters. The summed E-state index contributed by atoms with van der Waals surface area (Å²) in [5.41, 5.74) is 4.65.